The van der Waals surface area contributed by atoms with Gasteiger partial charge in [-0.1, -0.05) is 19.0 Å². The Labute approximate surface area is 89.0 Å². The van der Waals surface area contributed by atoms with E-state index in [1.165, 1.54) is 6.20 Å². The molecule has 0 saturated carbocycles. The number of rotatable bonds is 4. The third-order valence-corrected chi connectivity index (χ3v) is 2.37. The summed E-state index contributed by atoms with van der Waals surface area (Å²) in [6, 6.07) is -0.0215. The summed E-state index contributed by atoms with van der Waals surface area (Å²) in [5, 5.41) is 6.40. The van der Waals surface area contributed by atoms with Crippen molar-refractivity contribution in [3.8, 4) is 0 Å². The molecule has 0 aliphatic rings. The molecule has 0 aromatic carbocycles. The average molecular weight is 211 g/mol. The molecule has 1 rings (SSSR count). The highest BCUT2D eigenvalue weighted by Crippen LogP contribution is 2.07. The third-order valence-electron chi connectivity index (χ3n) is 2.37. The van der Waals surface area contributed by atoms with Crippen LogP contribution < -0.4 is 11.1 Å². The van der Waals surface area contributed by atoms with Crippen molar-refractivity contribution >= 4 is 5.91 Å². The van der Waals surface area contributed by atoms with Crippen LogP contribution >= 0.6 is 0 Å². The van der Waals surface area contributed by atoms with Crippen LogP contribution in [0.15, 0.2) is 10.7 Å². The van der Waals surface area contributed by atoms with Crippen LogP contribution in [0, 0.1) is 12.8 Å². The van der Waals surface area contributed by atoms with Crippen molar-refractivity contribution < 1.29 is 9.32 Å². The first-order valence-electron chi connectivity index (χ1n) is 4.98. The van der Waals surface area contributed by atoms with Crippen LogP contribution in [0.1, 0.15) is 30.0 Å². The molecule has 0 radical (unpaired) electrons. The van der Waals surface area contributed by atoms with Crippen LogP contribution in [-0.2, 0) is 0 Å². The molecule has 0 spiro atoms. The summed E-state index contributed by atoms with van der Waals surface area (Å²) in [5.41, 5.74) is 6.03. The standard InChI is InChI=1S/C10H17N3O2/c1-6(2)9(4-11)13-10(14)8-5-12-15-7(8)3/h5-6,9H,4,11H2,1-3H3,(H,13,14). The Hall–Kier alpha value is -1.36. The lowest BCUT2D eigenvalue weighted by Crippen LogP contribution is -2.43. The van der Waals surface area contributed by atoms with Gasteiger partial charge in [0.1, 0.15) is 11.3 Å². The summed E-state index contributed by atoms with van der Waals surface area (Å²) < 4.78 is 4.82. The van der Waals surface area contributed by atoms with E-state index in [0.29, 0.717) is 23.8 Å². The number of nitrogens with two attached hydrogens (primary N) is 1. The van der Waals surface area contributed by atoms with Gasteiger partial charge in [0.05, 0.1) is 6.20 Å². The monoisotopic (exact) mass is 211 g/mol. The Balaban J connectivity index is 2.67. The van der Waals surface area contributed by atoms with Gasteiger partial charge in [0, 0.05) is 12.6 Å². The zero-order valence-corrected chi connectivity index (χ0v) is 9.28. The van der Waals surface area contributed by atoms with E-state index >= 15 is 0 Å². The van der Waals surface area contributed by atoms with Crippen molar-refractivity contribution in [2.75, 3.05) is 6.54 Å². The lowest BCUT2D eigenvalue weighted by atomic mass is 10.0. The second kappa shape index (κ2) is 4.93. The molecule has 0 aliphatic carbocycles. The molecule has 5 nitrogen and oxygen atoms in total. The van der Waals surface area contributed by atoms with E-state index in [1.54, 1.807) is 6.92 Å². The molecule has 1 atom stereocenters. The van der Waals surface area contributed by atoms with E-state index in [1.807, 2.05) is 13.8 Å². The molecule has 0 aliphatic heterocycles. The fourth-order valence-electron chi connectivity index (χ4n) is 1.26. The highest BCUT2D eigenvalue weighted by Gasteiger charge is 2.18. The van der Waals surface area contributed by atoms with E-state index in [0.717, 1.165) is 0 Å². The zero-order chi connectivity index (χ0) is 11.4. The van der Waals surface area contributed by atoms with E-state index < -0.39 is 0 Å². The number of hydrogen-bond acceptors (Lipinski definition) is 4. The van der Waals surface area contributed by atoms with Gasteiger partial charge >= 0.3 is 0 Å². The smallest absolute Gasteiger partial charge is 0.256 e. The summed E-state index contributed by atoms with van der Waals surface area (Å²) in [7, 11) is 0. The molecule has 1 heterocycles. The average Bonchev–Trinajstić information content (AvgIpc) is 2.60. The predicted molar refractivity (Wildman–Crippen MR) is 56.4 cm³/mol. The van der Waals surface area contributed by atoms with Gasteiger partial charge in [-0.2, -0.15) is 0 Å². The topological polar surface area (TPSA) is 81.2 Å². The molecule has 0 bridgehead atoms. The van der Waals surface area contributed by atoms with Gasteiger partial charge in [-0.3, -0.25) is 4.79 Å². The van der Waals surface area contributed by atoms with Gasteiger partial charge in [-0.05, 0) is 12.8 Å². The number of hydrogen-bond donors (Lipinski definition) is 2. The maximum atomic E-state index is 11.7. The third kappa shape index (κ3) is 2.79. The minimum atomic E-state index is -0.182. The predicted octanol–water partition coefficient (Wildman–Crippen LogP) is 0.696. The summed E-state index contributed by atoms with van der Waals surface area (Å²) >= 11 is 0. The summed E-state index contributed by atoms with van der Waals surface area (Å²) in [4.78, 5) is 11.7. The molecule has 3 N–H and O–H groups in total. The molecule has 15 heavy (non-hydrogen) atoms. The Morgan fingerprint density at radius 3 is 2.73 bits per heavy atom. The maximum absolute atomic E-state index is 11.7. The van der Waals surface area contributed by atoms with E-state index in [9.17, 15) is 4.79 Å². The Bertz CT molecular complexity index is 333. The molecular weight excluding hydrogens is 194 g/mol. The van der Waals surface area contributed by atoms with Gasteiger partial charge in [0.15, 0.2) is 0 Å². The first-order chi connectivity index (χ1) is 7.06. The second-order valence-corrected chi connectivity index (χ2v) is 3.86. The summed E-state index contributed by atoms with van der Waals surface area (Å²) in [5.74, 6) is 0.643. The summed E-state index contributed by atoms with van der Waals surface area (Å²) in [6.07, 6.45) is 1.42. The van der Waals surface area contributed by atoms with Gasteiger partial charge < -0.3 is 15.6 Å². The molecule has 1 aromatic rings. The maximum Gasteiger partial charge on any atom is 0.256 e. The van der Waals surface area contributed by atoms with Crippen molar-refractivity contribution in [2.45, 2.75) is 26.8 Å². The van der Waals surface area contributed by atoms with Crippen LogP contribution in [-0.4, -0.2) is 23.7 Å². The molecule has 1 amide bonds. The van der Waals surface area contributed by atoms with Crippen molar-refractivity contribution in [1.29, 1.82) is 0 Å². The van der Waals surface area contributed by atoms with E-state index in [2.05, 4.69) is 10.5 Å². The van der Waals surface area contributed by atoms with Crippen molar-refractivity contribution in [2.24, 2.45) is 11.7 Å². The van der Waals surface area contributed by atoms with Gasteiger partial charge in [0.25, 0.3) is 5.91 Å². The van der Waals surface area contributed by atoms with Gasteiger partial charge in [-0.25, -0.2) is 0 Å². The number of nitrogens with one attached hydrogen (secondary N) is 1. The van der Waals surface area contributed by atoms with E-state index in [4.69, 9.17) is 10.3 Å². The van der Waals surface area contributed by atoms with Crippen LogP contribution in [0.3, 0.4) is 0 Å². The number of nitrogens with zero attached hydrogens (tertiary/aromatic N) is 1. The van der Waals surface area contributed by atoms with Crippen LogP contribution in [0.25, 0.3) is 0 Å². The highest BCUT2D eigenvalue weighted by molar-refractivity contribution is 5.94. The normalized spacial score (nSPS) is 12.9. The number of aryl methyl sites for hydroxylation is 1. The molecule has 84 valence electrons. The Morgan fingerprint density at radius 2 is 2.33 bits per heavy atom. The molecular formula is C10H17N3O2. The van der Waals surface area contributed by atoms with E-state index in [-0.39, 0.29) is 11.9 Å². The highest BCUT2D eigenvalue weighted by atomic mass is 16.5. The molecule has 1 aromatic heterocycles. The second-order valence-electron chi connectivity index (χ2n) is 3.86. The lowest BCUT2D eigenvalue weighted by molar-refractivity contribution is 0.0926. The molecule has 1 unspecified atom stereocenters. The fraction of sp³-hybridized carbons (Fsp3) is 0.600. The number of carbonyl (C=O) groups excluding carboxylic acids is 1. The molecule has 0 saturated heterocycles. The first kappa shape index (κ1) is 11.7. The first-order valence-corrected chi connectivity index (χ1v) is 4.98. The van der Waals surface area contributed by atoms with Gasteiger partial charge in [-0.15, -0.1) is 0 Å². The van der Waals surface area contributed by atoms with Crippen molar-refractivity contribution in [3.63, 3.8) is 0 Å². The van der Waals surface area contributed by atoms with Gasteiger partial charge in [0.2, 0.25) is 0 Å². The van der Waals surface area contributed by atoms with Crippen LogP contribution in [0.4, 0.5) is 0 Å². The Morgan fingerprint density at radius 1 is 1.67 bits per heavy atom. The minimum Gasteiger partial charge on any atom is -0.361 e. The number of aromatic nitrogens is 1. The molecule has 0 fully saturated rings. The minimum absolute atomic E-state index is 0.0215. The van der Waals surface area contributed by atoms with Crippen LogP contribution in [0.2, 0.25) is 0 Å². The lowest BCUT2D eigenvalue weighted by Gasteiger charge is -2.19. The molecule has 5 heteroatoms. The SMILES string of the molecule is Cc1oncc1C(=O)NC(CN)C(C)C. The number of carbonyl (C=O) groups is 1. The quantitative estimate of drug-likeness (QED) is 0.768. The zero-order valence-electron chi connectivity index (χ0n) is 9.28. The van der Waals surface area contributed by atoms with Crippen LogP contribution in [0.5, 0.6) is 0 Å². The Kier molecular flexibility index (Phi) is 3.85. The fourth-order valence-corrected chi connectivity index (χ4v) is 1.26. The van der Waals surface area contributed by atoms with Crippen molar-refractivity contribution in [1.82, 2.24) is 10.5 Å². The summed E-state index contributed by atoms with van der Waals surface area (Å²) in [6.45, 7) is 6.15. The number of amides is 1. The van der Waals surface area contributed by atoms with Crippen molar-refractivity contribution in [3.05, 3.63) is 17.5 Å². The largest absolute Gasteiger partial charge is 0.361 e.